The molecule has 0 aliphatic carbocycles. The molecule has 0 aliphatic rings. The molecule has 0 aliphatic heterocycles. The Morgan fingerprint density at radius 2 is 0.833 bits per heavy atom. The molecule has 15 nitrogen and oxygen atoms in total. The van der Waals surface area contributed by atoms with Crippen LogP contribution in [0.1, 0.15) is 0 Å². The summed E-state index contributed by atoms with van der Waals surface area (Å²) in [6.45, 7) is 0. The molecular formula is C16H25N15S5. The van der Waals surface area contributed by atoms with Crippen LogP contribution in [0.4, 0.5) is 35.7 Å². The Hall–Kier alpha value is -2.42. The largest absolute Gasteiger partial charge is 0.368 e. The van der Waals surface area contributed by atoms with E-state index in [-0.39, 0.29) is 35.7 Å². The summed E-state index contributed by atoms with van der Waals surface area (Å²) < 4.78 is 0. The van der Waals surface area contributed by atoms with Gasteiger partial charge in [-0.3, -0.25) is 0 Å². The predicted octanol–water partition coefficient (Wildman–Crippen LogP) is 0.247. The lowest BCUT2D eigenvalue weighted by molar-refractivity contribution is 0.927. The number of nitrogen functional groups attached to an aromatic ring is 6. The van der Waals surface area contributed by atoms with Crippen LogP contribution >= 0.6 is 58.8 Å². The Balaban J connectivity index is 1.47. The molecule has 0 radical (unpaired) electrons. The van der Waals surface area contributed by atoms with Crippen molar-refractivity contribution in [3.63, 3.8) is 0 Å². The maximum absolute atomic E-state index is 5.69. The minimum absolute atomic E-state index is 0.104. The van der Waals surface area contributed by atoms with Crippen molar-refractivity contribution in [2.75, 3.05) is 68.9 Å². The van der Waals surface area contributed by atoms with E-state index in [9.17, 15) is 0 Å². The second-order valence-corrected chi connectivity index (χ2v) is 12.2. The molecule has 12 N–H and O–H groups in total. The molecule has 0 bridgehead atoms. The first-order valence-electron chi connectivity index (χ1n) is 10.2. The molecule has 0 amide bonds. The lowest BCUT2D eigenvalue weighted by Gasteiger charge is -2.15. The van der Waals surface area contributed by atoms with E-state index in [1.54, 1.807) is 0 Å². The van der Waals surface area contributed by atoms with Crippen LogP contribution in [-0.2, 0) is 0 Å². The van der Waals surface area contributed by atoms with Crippen LogP contribution < -0.4 is 34.4 Å². The van der Waals surface area contributed by atoms with Crippen LogP contribution in [0.15, 0.2) is 15.5 Å². The summed E-state index contributed by atoms with van der Waals surface area (Å²) in [7, 11) is 0. The van der Waals surface area contributed by atoms with E-state index >= 15 is 0 Å². The summed E-state index contributed by atoms with van der Waals surface area (Å²) in [4.78, 5) is 36.0. The minimum Gasteiger partial charge on any atom is -0.368 e. The van der Waals surface area contributed by atoms with Crippen LogP contribution in [0.3, 0.4) is 0 Å². The summed E-state index contributed by atoms with van der Waals surface area (Å²) in [5.74, 6) is 5.68. The minimum atomic E-state index is 0.104. The normalized spacial score (nSPS) is 12.0. The SMILES string of the molecule is Nc1nc(N)nc(SCCSCC(CSc2nc(N)nc(N)n2)SCCSc2nc(N)nc(N)n2)n1. The number of aromatic nitrogens is 9. The van der Waals surface area contributed by atoms with E-state index in [0.29, 0.717) is 20.7 Å². The molecule has 0 fully saturated rings. The van der Waals surface area contributed by atoms with Crippen LogP contribution in [0.5, 0.6) is 0 Å². The van der Waals surface area contributed by atoms with E-state index < -0.39 is 0 Å². The summed E-state index contributed by atoms with van der Waals surface area (Å²) in [6, 6.07) is 0. The lowest BCUT2D eigenvalue weighted by atomic mass is 10.5. The fraction of sp³-hybridized carbons (Fsp3) is 0.438. The van der Waals surface area contributed by atoms with Crippen molar-refractivity contribution in [1.29, 1.82) is 0 Å². The van der Waals surface area contributed by atoms with E-state index in [1.165, 1.54) is 35.3 Å². The van der Waals surface area contributed by atoms with Gasteiger partial charge >= 0.3 is 0 Å². The molecule has 3 aromatic heterocycles. The number of rotatable bonds is 14. The van der Waals surface area contributed by atoms with E-state index in [1.807, 2.05) is 23.5 Å². The molecule has 1 unspecified atom stereocenters. The summed E-state index contributed by atoms with van der Waals surface area (Å²) >= 11 is 8.11. The van der Waals surface area contributed by atoms with Gasteiger partial charge in [0.1, 0.15) is 0 Å². The first-order valence-corrected chi connectivity index (χ1v) is 15.3. The fourth-order valence-electron chi connectivity index (χ4n) is 2.42. The zero-order valence-corrected chi connectivity index (χ0v) is 22.9. The topological polar surface area (TPSA) is 272 Å². The zero-order valence-electron chi connectivity index (χ0n) is 18.9. The summed E-state index contributed by atoms with van der Waals surface area (Å²) in [5, 5.41) is 1.83. The highest BCUT2D eigenvalue weighted by molar-refractivity contribution is 8.06. The second kappa shape index (κ2) is 14.4. The van der Waals surface area contributed by atoms with Crippen molar-refractivity contribution in [3.05, 3.63) is 0 Å². The molecule has 0 spiro atoms. The van der Waals surface area contributed by atoms with E-state index in [0.717, 1.165) is 34.5 Å². The van der Waals surface area contributed by atoms with Crippen molar-refractivity contribution in [1.82, 2.24) is 44.9 Å². The van der Waals surface area contributed by atoms with Gasteiger partial charge in [0.05, 0.1) is 0 Å². The summed E-state index contributed by atoms with van der Waals surface area (Å²) in [5.41, 5.74) is 33.9. The van der Waals surface area contributed by atoms with Gasteiger partial charge in [0, 0.05) is 39.8 Å². The maximum Gasteiger partial charge on any atom is 0.225 e. The first-order chi connectivity index (χ1) is 17.3. The predicted molar refractivity (Wildman–Crippen MR) is 152 cm³/mol. The first kappa shape index (κ1) is 28.2. The average Bonchev–Trinajstić information content (AvgIpc) is 2.77. The summed E-state index contributed by atoms with van der Waals surface area (Å²) in [6.07, 6.45) is 0. The molecule has 194 valence electrons. The quantitative estimate of drug-likeness (QED) is 0.109. The van der Waals surface area contributed by atoms with Crippen LogP contribution in [-0.4, -0.2) is 84.6 Å². The van der Waals surface area contributed by atoms with Crippen molar-refractivity contribution in [2.24, 2.45) is 0 Å². The van der Waals surface area contributed by atoms with Crippen LogP contribution in [0, 0.1) is 0 Å². The highest BCUT2D eigenvalue weighted by Gasteiger charge is 2.14. The highest BCUT2D eigenvalue weighted by atomic mass is 32.2. The van der Waals surface area contributed by atoms with Gasteiger partial charge in [-0.1, -0.05) is 35.3 Å². The number of hydrogen-bond acceptors (Lipinski definition) is 20. The van der Waals surface area contributed by atoms with Crippen molar-refractivity contribution in [3.8, 4) is 0 Å². The smallest absolute Gasteiger partial charge is 0.225 e. The monoisotopic (exact) mass is 587 g/mol. The van der Waals surface area contributed by atoms with Crippen molar-refractivity contribution in [2.45, 2.75) is 20.7 Å². The zero-order chi connectivity index (χ0) is 25.9. The number of nitrogens with zero attached hydrogens (tertiary/aromatic N) is 9. The molecule has 1 atom stereocenters. The molecule has 20 heteroatoms. The number of nitrogens with two attached hydrogens (primary N) is 6. The Kier molecular flexibility index (Phi) is 11.2. The van der Waals surface area contributed by atoms with E-state index in [2.05, 4.69) is 44.9 Å². The molecule has 3 aromatic rings. The molecule has 3 heterocycles. The van der Waals surface area contributed by atoms with Gasteiger partial charge in [-0.2, -0.15) is 68.4 Å². The van der Waals surface area contributed by atoms with Crippen LogP contribution in [0.2, 0.25) is 0 Å². The van der Waals surface area contributed by atoms with Crippen molar-refractivity contribution < 1.29 is 0 Å². The van der Waals surface area contributed by atoms with Crippen LogP contribution in [0.25, 0.3) is 0 Å². The van der Waals surface area contributed by atoms with Crippen molar-refractivity contribution >= 4 is 94.5 Å². The molecular weight excluding hydrogens is 563 g/mol. The Labute approximate surface area is 228 Å². The van der Waals surface area contributed by atoms with Gasteiger partial charge in [0.25, 0.3) is 0 Å². The van der Waals surface area contributed by atoms with Gasteiger partial charge < -0.3 is 34.4 Å². The number of hydrogen-bond donors (Lipinski definition) is 6. The number of anilines is 6. The maximum atomic E-state index is 5.69. The van der Waals surface area contributed by atoms with E-state index in [4.69, 9.17) is 34.4 Å². The Morgan fingerprint density at radius 1 is 0.444 bits per heavy atom. The molecule has 0 saturated heterocycles. The molecule has 0 aromatic carbocycles. The standard InChI is InChI=1S/C16H25N15S5/c17-8-23-9(18)27-14(26-8)34-2-1-32-5-7(6-36-16-30-12(21)25-13(22)31-16)33-3-4-35-15-28-10(19)24-11(20)29-15/h7H,1-6H2,(H4,17,18,23,26,27)(H4,19,20,24,28,29)(H4,21,22,25,30,31). The lowest BCUT2D eigenvalue weighted by Crippen LogP contribution is -2.13. The molecule has 0 saturated carbocycles. The van der Waals surface area contributed by atoms with Gasteiger partial charge in [-0.05, 0) is 0 Å². The second-order valence-electron chi connectivity index (χ2n) is 6.58. The van der Waals surface area contributed by atoms with Gasteiger partial charge in [-0.15, -0.1) is 0 Å². The fourth-order valence-corrected chi connectivity index (χ4v) is 8.01. The van der Waals surface area contributed by atoms with Gasteiger partial charge in [-0.25, -0.2) is 0 Å². The molecule has 3 rings (SSSR count). The Morgan fingerprint density at radius 3 is 1.28 bits per heavy atom. The molecule has 36 heavy (non-hydrogen) atoms. The third-order valence-corrected chi connectivity index (χ3v) is 9.80. The Bertz CT molecular complexity index is 1080. The third kappa shape index (κ3) is 10.3. The van der Waals surface area contributed by atoms with Gasteiger partial charge in [0.2, 0.25) is 35.7 Å². The van der Waals surface area contributed by atoms with Gasteiger partial charge in [0.15, 0.2) is 15.5 Å². The average molecular weight is 588 g/mol. The number of thioether (sulfide) groups is 5. The highest BCUT2D eigenvalue weighted by Crippen LogP contribution is 2.27. The third-order valence-electron chi connectivity index (χ3n) is 3.78.